The molecule has 4 nitrogen and oxygen atoms in total. The second-order valence-corrected chi connectivity index (χ2v) is 6.05. The predicted molar refractivity (Wildman–Crippen MR) is 82.7 cm³/mol. The van der Waals surface area contributed by atoms with Gasteiger partial charge in [0.05, 0.1) is 6.54 Å². The van der Waals surface area contributed by atoms with Gasteiger partial charge < -0.3 is 10.2 Å². The van der Waals surface area contributed by atoms with Gasteiger partial charge in [-0.05, 0) is 26.0 Å². The molecular weight excluding hydrogens is 272 g/mol. The summed E-state index contributed by atoms with van der Waals surface area (Å²) in [6.45, 7) is 3.92. The summed E-state index contributed by atoms with van der Waals surface area (Å²) in [7, 11) is 1.66. The Morgan fingerprint density at radius 3 is 2.50 bits per heavy atom. The number of carbonyl (C=O) groups is 2. The van der Waals surface area contributed by atoms with Crippen LogP contribution < -0.4 is 5.32 Å². The number of amides is 2. The molecule has 1 N–H and O–H groups in total. The molecule has 0 saturated carbocycles. The van der Waals surface area contributed by atoms with E-state index in [4.69, 9.17) is 0 Å². The van der Waals surface area contributed by atoms with E-state index in [-0.39, 0.29) is 24.4 Å². The van der Waals surface area contributed by atoms with Crippen LogP contribution in [-0.4, -0.2) is 42.1 Å². The molecule has 0 aliphatic rings. The fourth-order valence-corrected chi connectivity index (χ4v) is 2.50. The third-order valence-electron chi connectivity index (χ3n) is 2.58. The Morgan fingerprint density at radius 1 is 1.25 bits per heavy atom. The molecule has 0 bridgehead atoms. The minimum absolute atomic E-state index is 0.00710. The van der Waals surface area contributed by atoms with Gasteiger partial charge in [0, 0.05) is 30.2 Å². The molecule has 0 atom stereocenters. The average Bonchev–Trinajstić information content (AvgIpc) is 2.38. The number of thioether (sulfide) groups is 1. The average molecular weight is 294 g/mol. The van der Waals surface area contributed by atoms with E-state index in [0.29, 0.717) is 6.42 Å². The molecular formula is C15H22N2O2S. The lowest BCUT2D eigenvalue weighted by molar-refractivity contribution is -0.134. The van der Waals surface area contributed by atoms with E-state index >= 15 is 0 Å². The van der Waals surface area contributed by atoms with Crippen molar-refractivity contribution in [2.45, 2.75) is 31.2 Å². The summed E-state index contributed by atoms with van der Waals surface area (Å²) in [6.07, 6.45) is 0.436. The Labute approximate surface area is 124 Å². The molecule has 0 fully saturated rings. The predicted octanol–water partition coefficient (Wildman–Crippen LogP) is 2.15. The minimum atomic E-state index is -0.119. The van der Waals surface area contributed by atoms with Crippen molar-refractivity contribution in [3.63, 3.8) is 0 Å². The number of hydrogen-bond donors (Lipinski definition) is 1. The van der Waals surface area contributed by atoms with E-state index in [2.05, 4.69) is 5.32 Å². The van der Waals surface area contributed by atoms with Gasteiger partial charge >= 0.3 is 0 Å². The van der Waals surface area contributed by atoms with E-state index in [1.165, 1.54) is 4.90 Å². The summed E-state index contributed by atoms with van der Waals surface area (Å²) in [5.74, 6) is 0.595. The summed E-state index contributed by atoms with van der Waals surface area (Å²) >= 11 is 1.65. The number of likely N-dealkylation sites (N-methyl/N-ethyl adjacent to an activating group) is 1. The van der Waals surface area contributed by atoms with Gasteiger partial charge in [0.15, 0.2) is 0 Å². The summed E-state index contributed by atoms with van der Waals surface area (Å²) in [4.78, 5) is 26.1. The normalized spacial score (nSPS) is 10.4. The van der Waals surface area contributed by atoms with Crippen LogP contribution >= 0.6 is 11.8 Å². The van der Waals surface area contributed by atoms with Gasteiger partial charge in [-0.15, -0.1) is 11.8 Å². The first-order valence-electron chi connectivity index (χ1n) is 6.70. The van der Waals surface area contributed by atoms with E-state index in [1.807, 2.05) is 44.2 Å². The zero-order valence-corrected chi connectivity index (χ0v) is 13.1. The van der Waals surface area contributed by atoms with Crippen LogP contribution in [0.4, 0.5) is 0 Å². The molecule has 1 aromatic rings. The Kier molecular flexibility index (Phi) is 7.15. The molecule has 0 aliphatic heterocycles. The largest absolute Gasteiger partial charge is 0.352 e. The summed E-state index contributed by atoms with van der Waals surface area (Å²) in [5, 5.41) is 2.77. The Morgan fingerprint density at radius 2 is 1.90 bits per heavy atom. The smallest absolute Gasteiger partial charge is 0.239 e. The van der Waals surface area contributed by atoms with Crippen LogP contribution in [0.25, 0.3) is 0 Å². The number of benzene rings is 1. The number of nitrogens with zero attached hydrogens (tertiary/aromatic N) is 1. The van der Waals surface area contributed by atoms with Crippen LogP contribution in [0, 0.1) is 0 Å². The highest BCUT2D eigenvalue weighted by Crippen LogP contribution is 2.17. The fraction of sp³-hybridized carbons (Fsp3) is 0.467. The van der Waals surface area contributed by atoms with Crippen molar-refractivity contribution in [2.24, 2.45) is 0 Å². The van der Waals surface area contributed by atoms with Crippen LogP contribution in [-0.2, 0) is 9.59 Å². The molecule has 1 aromatic carbocycles. The number of rotatable bonds is 7. The van der Waals surface area contributed by atoms with Gasteiger partial charge in [-0.1, -0.05) is 18.2 Å². The summed E-state index contributed by atoms with van der Waals surface area (Å²) in [5.41, 5.74) is 0. The number of hydrogen-bond acceptors (Lipinski definition) is 3. The zero-order chi connectivity index (χ0) is 15.0. The molecule has 0 aromatic heterocycles. The number of nitrogens with one attached hydrogen (secondary N) is 1. The van der Waals surface area contributed by atoms with Gasteiger partial charge in [-0.25, -0.2) is 0 Å². The second kappa shape index (κ2) is 8.64. The first kappa shape index (κ1) is 16.6. The van der Waals surface area contributed by atoms with E-state index < -0.39 is 0 Å². The SMILES string of the molecule is CC(C)NC(=O)CN(C)C(=O)CCSc1ccccc1. The maximum absolute atomic E-state index is 11.9. The summed E-state index contributed by atoms with van der Waals surface area (Å²) in [6, 6.07) is 10.1. The van der Waals surface area contributed by atoms with Crippen LogP contribution in [0.2, 0.25) is 0 Å². The standard InChI is InChI=1S/C15H22N2O2S/c1-12(2)16-14(18)11-17(3)15(19)9-10-20-13-7-5-4-6-8-13/h4-8,12H,9-11H2,1-3H3,(H,16,18). The molecule has 2 amide bonds. The Hall–Kier alpha value is -1.49. The van der Waals surface area contributed by atoms with Gasteiger partial charge in [0.25, 0.3) is 0 Å². The quantitative estimate of drug-likeness (QED) is 0.784. The molecule has 5 heteroatoms. The molecule has 0 radical (unpaired) electrons. The highest BCUT2D eigenvalue weighted by Gasteiger charge is 2.13. The van der Waals surface area contributed by atoms with Crippen molar-refractivity contribution < 1.29 is 9.59 Å². The van der Waals surface area contributed by atoms with E-state index in [0.717, 1.165) is 10.6 Å². The van der Waals surface area contributed by atoms with E-state index in [9.17, 15) is 9.59 Å². The van der Waals surface area contributed by atoms with Crippen LogP contribution in [0.15, 0.2) is 35.2 Å². The topological polar surface area (TPSA) is 49.4 Å². The lowest BCUT2D eigenvalue weighted by Gasteiger charge is -2.17. The van der Waals surface area contributed by atoms with Crippen molar-refractivity contribution in [3.05, 3.63) is 30.3 Å². The molecule has 0 unspecified atom stereocenters. The van der Waals surface area contributed by atoms with Crippen molar-refractivity contribution in [1.29, 1.82) is 0 Å². The molecule has 0 spiro atoms. The van der Waals surface area contributed by atoms with Gasteiger partial charge in [-0.2, -0.15) is 0 Å². The maximum Gasteiger partial charge on any atom is 0.239 e. The molecule has 20 heavy (non-hydrogen) atoms. The number of carbonyl (C=O) groups excluding carboxylic acids is 2. The highest BCUT2D eigenvalue weighted by atomic mass is 32.2. The van der Waals surface area contributed by atoms with Crippen molar-refractivity contribution in [2.75, 3.05) is 19.3 Å². The maximum atomic E-state index is 11.9. The van der Waals surface area contributed by atoms with Gasteiger partial charge in [0.1, 0.15) is 0 Å². The highest BCUT2D eigenvalue weighted by molar-refractivity contribution is 7.99. The molecule has 110 valence electrons. The monoisotopic (exact) mass is 294 g/mol. The second-order valence-electron chi connectivity index (χ2n) is 4.88. The van der Waals surface area contributed by atoms with Crippen molar-refractivity contribution >= 4 is 23.6 Å². The zero-order valence-electron chi connectivity index (χ0n) is 12.3. The molecule has 0 saturated heterocycles. The van der Waals surface area contributed by atoms with Crippen LogP contribution in [0.1, 0.15) is 20.3 Å². The lowest BCUT2D eigenvalue weighted by Crippen LogP contribution is -2.40. The fourth-order valence-electron chi connectivity index (χ4n) is 1.63. The van der Waals surface area contributed by atoms with Gasteiger partial charge in [-0.3, -0.25) is 9.59 Å². The third-order valence-corrected chi connectivity index (χ3v) is 3.60. The van der Waals surface area contributed by atoms with E-state index in [1.54, 1.807) is 18.8 Å². The third kappa shape index (κ3) is 6.61. The first-order valence-corrected chi connectivity index (χ1v) is 7.68. The van der Waals surface area contributed by atoms with Crippen molar-refractivity contribution in [3.8, 4) is 0 Å². The first-order chi connectivity index (χ1) is 9.49. The van der Waals surface area contributed by atoms with Crippen molar-refractivity contribution in [1.82, 2.24) is 10.2 Å². The Bertz CT molecular complexity index is 435. The molecule has 0 heterocycles. The lowest BCUT2D eigenvalue weighted by atomic mass is 10.3. The van der Waals surface area contributed by atoms with Gasteiger partial charge in [0.2, 0.25) is 11.8 Å². The minimum Gasteiger partial charge on any atom is -0.352 e. The van der Waals surface area contributed by atoms with Crippen LogP contribution in [0.5, 0.6) is 0 Å². The summed E-state index contributed by atoms with van der Waals surface area (Å²) < 4.78 is 0. The Balaban J connectivity index is 2.26. The molecule has 0 aliphatic carbocycles. The molecule has 1 rings (SSSR count). The van der Waals surface area contributed by atoms with Crippen LogP contribution in [0.3, 0.4) is 0 Å².